The van der Waals surface area contributed by atoms with E-state index in [1.807, 2.05) is 6.07 Å². The first-order valence-electron chi connectivity index (χ1n) is 4.91. The normalized spacial score (nSPS) is 15.5. The zero-order valence-electron chi connectivity index (χ0n) is 8.53. The molecule has 0 saturated carbocycles. The molecule has 1 amide bonds. The SMILES string of the molecule is N#Cc1cc(F)cc(N2CCNC(=O)C2)c1. The number of carbonyl (C=O) groups is 1. The third-order valence-corrected chi connectivity index (χ3v) is 2.42. The Labute approximate surface area is 92.3 Å². The van der Waals surface area contributed by atoms with E-state index in [-0.39, 0.29) is 18.0 Å². The van der Waals surface area contributed by atoms with Crippen molar-refractivity contribution in [2.75, 3.05) is 24.5 Å². The van der Waals surface area contributed by atoms with Gasteiger partial charge in [0, 0.05) is 18.8 Å². The third-order valence-electron chi connectivity index (χ3n) is 2.42. The van der Waals surface area contributed by atoms with E-state index in [9.17, 15) is 9.18 Å². The first kappa shape index (κ1) is 10.4. The van der Waals surface area contributed by atoms with Crippen molar-refractivity contribution in [1.82, 2.24) is 5.32 Å². The summed E-state index contributed by atoms with van der Waals surface area (Å²) in [5, 5.41) is 11.4. The van der Waals surface area contributed by atoms with Crippen LogP contribution in [0.1, 0.15) is 5.56 Å². The molecule has 0 bridgehead atoms. The highest BCUT2D eigenvalue weighted by atomic mass is 19.1. The minimum Gasteiger partial charge on any atom is -0.360 e. The zero-order valence-corrected chi connectivity index (χ0v) is 8.53. The molecule has 1 aliphatic rings. The van der Waals surface area contributed by atoms with E-state index >= 15 is 0 Å². The smallest absolute Gasteiger partial charge is 0.239 e. The van der Waals surface area contributed by atoms with Crippen molar-refractivity contribution in [3.63, 3.8) is 0 Å². The predicted molar refractivity (Wildman–Crippen MR) is 56.3 cm³/mol. The number of piperazine rings is 1. The molecule has 1 saturated heterocycles. The number of anilines is 1. The summed E-state index contributed by atoms with van der Waals surface area (Å²) in [7, 11) is 0. The first-order chi connectivity index (χ1) is 7.69. The number of nitrogens with zero attached hydrogens (tertiary/aromatic N) is 2. The van der Waals surface area contributed by atoms with Crippen LogP contribution in [0, 0.1) is 17.1 Å². The standard InChI is InChI=1S/C11H10FN3O/c12-9-3-8(6-13)4-10(5-9)15-2-1-14-11(16)7-15/h3-5H,1-2,7H2,(H,14,16). The molecule has 0 spiro atoms. The molecule has 2 rings (SSSR count). The topological polar surface area (TPSA) is 56.1 Å². The largest absolute Gasteiger partial charge is 0.360 e. The van der Waals surface area contributed by atoms with Crippen molar-refractivity contribution in [2.24, 2.45) is 0 Å². The van der Waals surface area contributed by atoms with Crippen molar-refractivity contribution in [2.45, 2.75) is 0 Å². The molecule has 1 aromatic carbocycles. The number of amides is 1. The fourth-order valence-corrected chi connectivity index (χ4v) is 1.68. The van der Waals surface area contributed by atoms with Gasteiger partial charge in [-0.3, -0.25) is 4.79 Å². The van der Waals surface area contributed by atoms with Gasteiger partial charge in [-0.25, -0.2) is 4.39 Å². The van der Waals surface area contributed by atoms with E-state index < -0.39 is 5.82 Å². The van der Waals surface area contributed by atoms with Gasteiger partial charge in [-0.2, -0.15) is 5.26 Å². The van der Waals surface area contributed by atoms with Gasteiger partial charge in [0.15, 0.2) is 0 Å². The lowest BCUT2D eigenvalue weighted by Crippen LogP contribution is -2.47. The fourth-order valence-electron chi connectivity index (χ4n) is 1.68. The van der Waals surface area contributed by atoms with Gasteiger partial charge in [0.1, 0.15) is 5.82 Å². The van der Waals surface area contributed by atoms with E-state index in [1.165, 1.54) is 12.1 Å². The molecule has 1 N–H and O–H groups in total. The fraction of sp³-hybridized carbons (Fsp3) is 0.273. The number of rotatable bonds is 1. The second-order valence-corrected chi connectivity index (χ2v) is 3.58. The third kappa shape index (κ3) is 2.11. The highest BCUT2D eigenvalue weighted by Gasteiger charge is 2.17. The second kappa shape index (κ2) is 4.19. The van der Waals surface area contributed by atoms with Gasteiger partial charge >= 0.3 is 0 Å². The van der Waals surface area contributed by atoms with Crippen molar-refractivity contribution < 1.29 is 9.18 Å². The molecule has 5 heteroatoms. The summed E-state index contributed by atoms with van der Waals surface area (Å²) >= 11 is 0. The summed E-state index contributed by atoms with van der Waals surface area (Å²) in [6.45, 7) is 1.37. The van der Waals surface area contributed by atoms with Crippen LogP contribution in [-0.4, -0.2) is 25.5 Å². The predicted octanol–water partition coefficient (Wildman–Crippen LogP) is 0.634. The van der Waals surface area contributed by atoms with Gasteiger partial charge in [0.25, 0.3) is 0 Å². The second-order valence-electron chi connectivity index (χ2n) is 3.58. The van der Waals surface area contributed by atoms with Crippen molar-refractivity contribution >= 4 is 11.6 Å². The van der Waals surface area contributed by atoms with Crippen LogP contribution in [0.25, 0.3) is 0 Å². The van der Waals surface area contributed by atoms with E-state index in [4.69, 9.17) is 5.26 Å². The molecule has 1 fully saturated rings. The zero-order chi connectivity index (χ0) is 11.5. The van der Waals surface area contributed by atoms with Crippen LogP contribution >= 0.6 is 0 Å². The van der Waals surface area contributed by atoms with E-state index in [2.05, 4.69) is 5.32 Å². The van der Waals surface area contributed by atoms with Gasteiger partial charge in [0.05, 0.1) is 18.2 Å². The molecule has 1 aliphatic heterocycles. The molecule has 82 valence electrons. The van der Waals surface area contributed by atoms with Crippen molar-refractivity contribution in [3.05, 3.63) is 29.6 Å². The van der Waals surface area contributed by atoms with Gasteiger partial charge < -0.3 is 10.2 Å². The number of nitriles is 1. The molecule has 0 radical (unpaired) electrons. The first-order valence-corrected chi connectivity index (χ1v) is 4.91. The van der Waals surface area contributed by atoms with E-state index in [0.29, 0.717) is 18.8 Å². The van der Waals surface area contributed by atoms with Crippen LogP contribution in [0.4, 0.5) is 10.1 Å². The maximum atomic E-state index is 13.2. The van der Waals surface area contributed by atoms with Gasteiger partial charge in [0.2, 0.25) is 5.91 Å². The van der Waals surface area contributed by atoms with Crippen molar-refractivity contribution in [1.29, 1.82) is 5.26 Å². The molecule has 1 aromatic rings. The molecular weight excluding hydrogens is 209 g/mol. The Hall–Kier alpha value is -2.09. The Morgan fingerprint density at radius 1 is 1.44 bits per heavy atom. The monoisotopic (exact) mass is 219 g/mol. The van der Waals surface area contributed by atoms with Gasteiger partial charge in [-0.15, -0.1) is 0 Å². The highest BCUT2D eigenvalue weighted by molar-refractivity contribution is 5.82. The number of hydrogen-bond acceptors (Lipinski definition) is 3. The molecule has 4 nitrogen and oxygen atoms in total. The number of nitrogens with one attached hydrogen (secondary N) is 1. The van der Waals surface area contributed by atoms with Crippen LogP contribution in [0.15, 0.2) is 18.2 Å². The molecule has 1 heterocycles. The molecular formula is C11H10FN3O. The summed E-state index contributed by atoms with van der Waals surface area (Å²) in [4.78, 5) is 12.9. The summed E-state index contributed by atoms with van der Waals surface area (Å²) in [6.07, 6.45) is 0. The quantitative estimate of drug-likeness (QED) is 0.753. The lowest BCUT2D eigenvalue weighted by molar-refractivity contribution is -0.120. The average molecular weight is 219 g/mol. The summed E-state index contributed by atoms with van der Waals surface area (Å²) in [5.41, 5.74) is 0.840. The lowest BCUT2D eigenvalue weighted by Gasteiger charge is -2.28. The van der Waals surface area contributed by atoms with Crippen molar-refractivity contribution in [3.8, 4) is 6.07 Å². The number of halogens is 1. The van der Waals surface area contributed by atoms with E-state index in [0.717, 1.165) is 0 Å². The van der Waals surface area contributed by atoms with Crippen LogP contribution in [0.5, 0.6) is 0 Å². The minimum absolute atomic E-state index is 0.0889. The Kier molecular flexibility index (Phi) is 2.73. The lowest BCUT2D eigenvalue weighted by atomic mass is 10.2. The molecule has 0 aromatic heterocycles. The van der Waals surface area contributed by atoms with Crippen LogP contribution < -0.4 is 10.2 Å². The van der Waals surface area contributed by atoms with Gasteiger partial charge in [-0.1, -0.05) is 0 Å². The Bertz CT molecular complexity index is 467. The summed E-state index contributed by atoms with van der Waals surface area (Å²) in [6, 6.07) is 5.98. The molecule has 0 atom stereocenters. The van der Waals surface area contributed by atoms with Gasteiger partial charge in [-0.05, 0) is 18.2 Å². The minimum atomic E-state index is -0.458. The Balaban J connectivity index is 2.29. The maximum absolute atomic E-state index is 13.2. The molecule has 16 heavy (non-hydrogen) atoms. The van der Waals surface area contributed by atoms with Crippen LogP contribution in [0.2, 0.25) is 0 Å². The van der Waals surface area contributed by atoms with Crippen LogP contribution in [0.3, 0.4) is 0 Å². The molecule has 0 unspecified atom stereocenters. The summed E-state index contributed by atoms with van der Waals surface area (Å²) in [5.74, 6) is -0.547. The highest BCUT2D eigenvalue weighted by Crippen LogP contribution is 2.18. The molecule has 0 aliphatic carbocycles. The maximum Gasteiger partial charge on any atom is 0.239 e. The van der Waals surface area contributed by atoms with Crippen LogP contribution in [-0.2, 0) is 4.79 Å². The number of hydrogen-bond donors (Lipinski definition) is 1. The van der Waals surface area contributed by atoms with E-state index in [1.54, 1.807) is 11.0 Å². The number of carbonyl (C=O) groups excluding carboxylic acids is 1. The average Bonchev–Trinajstić information content (AvgIpc) is 2.28. The Morgan fingerprint density at radius 3 is 2.94 bits per heavy atom. The summed E-state index contributed by atoms with van der Waals surface area (Å²) < 4.78 is 13.2. The Morgan fingerprint density at radius 2 is 2.25 bits per heavy atom. The number of benzene rings is 1.